The molecule has 1 N–H and O–H groups in total. The number of rotatable bonds is 8. The molecule has 1 unspecified atom stereocenters. The molecule has 28 heavy (non-hydrogen) atoms. The molecule has 1 atom stereocenters. The van der Waals surface area contributed by atoms with Crippen molar-refractivity contribution in [1.29, 1.82) is 0 Å². The number of anilines is 1. The standard InChI is InChI=1S/C19H21N5O3S/c1-12(13-3-4-13)24-16(9-10-20-24)21-17(25)11-28-19-23-22-18(27-19)14-5-7-15(26-2)8-6-14/h5-10,12-13H,3-4,11H2,1-2H3,(H,21,25). The van der Waals surface area contributed by atoms with Crippen molar-refractivity contribution in [2.75, 3.05) is 18.2 Å². The van der Waals surface area contributed by atoms with Crippen molar-refractivity contribution in [3.8, 4) is 17.2 Å². The first kappa shape index (κ1) is 18.5. The minimum atomic E-state index is -0.140. The Morgan fingerprint density at radius 1 is 1.32 bits per heavy atom. The number of carbonyl (C=O) groups excluding carboxylic acids is 1. The fraction of sp³-hybridized carbons (Fsp3) is 0.368. The van der Waals surface area contributed by atoms with Gasteiger partial charge in [-0.1, -0.05) is 11.8 Å². The van der Waals surface area contributed by atoms with Crippen LogP contribution in [0, 0.1) is 5.92 Å². The highest BCUT2D eigenvalue weighted by atomic mass is 32.2. The van der Waals surface area contributed by atoms with E-state index in [0.717, 1.165) is 17.1 Å². The second-order valence-electron chi connectivity index (χ2n) is 6.68. The van der Waals surface area contributed by atoms with E-state index in [1.54, 1.807) is 13.3 Å². The second-order valence-corrected chi connectivity index (χ2v) is 7.60. The monoisotopic (exact) mass is 399 g/mol. The fourth-order valence-corrected chi connectivity index (χ4v) is 3.50. The molecule has 3 aromatic rings. The quantitative estimate of drug-likeness (QED) is 0.578. The average molecular weight is 399 g/mol. The molecule has 0 spiro atoms. The van der Waals surface area contributed by atoms with E-state index in [-0.39, 0.29) is 11.7 Å². The van der Waals surface area contributed by atoms with Crippen LogP contribution in [0.3, 0.4) is 0 Å². The molecule has 1 fully saturated rings. The third-order valence-electron chi connectivity index (χ3n) is 4.70. The zero-order valence-corrected chi connectivity index (χ0v) is 16.5. The van der Waals surface area contributed by atoms with Gasteiger partial charge in [-0.2, -0.15) is 5.10 Å². The van der Waals surface area contributed by atoms with Gasteiger partial charge in [0.25, 0.3) is 5.22 Å². The summed E-state index contributed by atoms with van der Waals surface area (Å²) in [5.41, 5.74) is 0.794. The molecule has 0 aliphatic heterocycles. The molecular weight excluding hydrogens is 378 g/mol. The summed E-state index contributed by atoms with van der Waals surface area (Å²) in [5, 5.41) is 15.6. The number of amides is 1. The van der Waals surface area contributed by atoms with Gasteiger partial charge < -0.3 is 14.5 Å². The van der Waals surface area contributed by atoms with E-state index in [9.17, 15) is 4.79 Å². The van der Waals surface area contributed by atoms with Crippen LogP contribution in [0.5, 0.6) is 5.75 Å². The number of carbonyl (C=O) groups is 1. The number of benzene rings is 1. The lowest BCUT2D eigenvalue weighted by Crippen LogP contribution is -2.19. The molecule has 2 heterocycles. The molecule has 8 nitrogen and oxygen atoms in total. The zero-order chi connectivity index (χ0) is 19.5. The van der Waals surface area contributed by atoms with Crippen LogP contribution in [-0.2, 0) is 4.79 Å². The van der Waals surface area contributed by atoms with Crippen LogP contribution in [0.25, 0.3) is 11.5 Å². The van der Waals surface area contributed by atoms with Crippen molar-refractivity contribution in [1.82, 2.24) is 20.0 Å². The molecule has 2 aromatic heterocycles. The third kappa shape index (κ3) is 4.19. The van der Waals surface area contributed by atoms with Crippen molar-refractivity contribution >= 4 is 23.5 Å². The number of nitrogens with zero attached hydrogens (tertiary/aromatic N) is 4. The summed E-state index contributed by atoms with van der Waals surface area (Å²) in [6, 6.07) is 9.44. The van der Waals surface area contributed by atoms with E-state index < -0.39 is 0 Å². The number of hydrogen-bond donors (Lipinski definition) is 1. The Bertz CT molecular complexity index is 949. The van der Waals surface area contributed by atoms with Gasteiger partial charge in [0.05, 0.1) is 25.1 Å². The van der Waals surface area contributed by atoms with Crippen molar-refractivity contribution in [3.05, 3.63) is 36.5 Å². The molecule has 9 heteroatoms. The molecule has 1 aliphatic carbocycles. The largest absolute Gasteiger partial charge is 0.497 e. The van der Waals surface area contributed by atoms with Crippen molar-refractivity contribution < 1.29 is 13.9 Å². The van der Waals surface area contributed by atoms with Gasteiger partial charge in [-0.15, -0.1) is 10.2 Å². The maximum absolute atomic E-state index is 12.3. The molecule has 1 amide bonds. The van der Waals surface area contributed by atoms with Crippen LogP contribution < -0.4 is 10.1 Å². The Balaban J connectivity index is 1.33. The van der Waals surface area contributed by atoms with E-state index in [1.165, 1.54) is 24.6 Å². The molecule has 0 bridgehead atoms. The van der Waals surface area contributed by atoms with Crippen LogP contribution >= 0.6 is 11.8 Å². The lowest BCUT2D eigenvalue weighted by molar-refractivity contribution is -0.113. The van der Waals surface area contributed by atoms with Gasteiger partial charge in [-0.3, -0.25) is 4.79 Å². The Morgan fingerprint density at radius 2 is 2.11 bits per heavy atom. The maximum atomic E-state index is 12.3. The summed E-state index contributed by atoms with van der Waals surface area (Å²) >= 11 is 1.20. The summed E-state index contributed by atoms with van der Waals surface area (Å²) in [7, 11) is 1.61. The third-order valence-corrected chi connectivity index (χ3v) is 5.52. The van der Waals surface area contributed by atoms with Crippen LogP contribution in [-0.4, -0.2) is 38.7 Å². The first-order valence-electron chi connectivity index (χ1n) is 9.08. The van der Waals surface area contributed by atoms with Gasteiger partial charge in [-0.25, -0.2) is 4.68 Å². The predicted octanol–water partition coefficient (Wildman–Crippen LogP) is 3.64. The summed E-state index contributed by atoms with van der Waals surface area (Å²) in [6.45, 7) is 2.13. The van der Waals surface area contributed by atoms with Crippen molar-refractivity contribution in [2.24, 2.45) is 5.92 Å². The molecule has 1 saturated carbocycles. The number of thioether (sulfide) groups is 1. The minimum absolute atomic E-state index is 0.140. The highest BCUT2D eigenvalue weighted by molar-refractivity contribution is 7.99. The van der Waals surface area contributed by atoms with Gasteiger partial charge in [0.15, 0.2) is 0 Å². The molecule has 146 valence electrons. The van der Waals surface area contributed by atoms with Crippen LogP contribution in [0.2, 0.25) is 0 Å². The smallest absolute Gasteiger partial charge is 0.277 e. The van der Waals surface area contributed by atoms with Crippen LogP contribution in [0.4, 0.5) is 5.82 Å². The zero-order valence-electron chi connectivity index (χ0n) is 15.7. The summed E-state index contributed by atoms with van der Waals surface area (Å²) in [5.74, 6) is 2.56. The SMILES string of the molecule is COc1ccc(-c2nnc(SCC(=O)Nc3ccnn3C(C)C3CC3)o2)cc1. The lowest BCUT2D eigenvalue weighted by atomic mass is 10.2. The number of aromatic nitrogens is 4. The van der Waals surface area contributed by atoms with E-state index in [4.69, 9.17) is 9.15 Å². The number of methoxy groups -OCH3 is 1. The van der Waals surface area contributed by atoms with E-state index in [2.05, 4.69) is 27.5 Å². The molecule has 0 radical (unpaired) electrons. The first-order valence-corrected chi connectivity index (χ1v) is 10.1. The Morgan fingerprint density at radius 3 is 2.82 bits per heavy atom. The number of hydrogen-bond acceptors (Lipinski definition) is 7. The Kier molecular flexibility index (Phi) is 5.34. The van der Waals surface area contributed by atoms with Crippen molar-refractivity contribution in [2.45, 2.75) is 31.0 Å². The van der Waals surface area contributed by atoms with Crippen LogP contribution in [0.15, 0.2) is 46.2 Å². The normalized spacial score (nSPS) is 14.6. The molecule has 1 aromatic carbocycles. The molecule has 0 saturated heterocycles. The number of nitrogens with one attached hydrogen (secondary N) is 1. The Hall–Kier alpha value is -2.81. The summed E-state index contributed by atoms with van der Waals surface area (Å²) in [6.07, 6.45) is 4.15. The topological polar surface area (TPSA) is 95.1 Å². The molecule has 4 rings (SSSR count). The van der Waals surface area contributed by atoms with Gasteiger partial charge in [-0.05, 0) is 49.9 Å². The summed E-state index contributed by atoms with van der Waals surface area (Å²) < 4.78 is 12.7. The highest BCUT2D eigenvalue weighted by Gasteiger charge is 2.30. The second kappa shape index (κ2) is 8.05. The average Bonchev–Trinajstić information content (AvgIpc) is 3.29. The van der Waals surface area contributed by atoms with Gasteiger partial charge >= 0.3 is 0 Å². The number of ether oxygens (including phenoxy) is 1. The lowest BCUT2D eigenvalue weighted by Gasteiger charge is -2.15. The fourth-order valence-electron chi connectivity index (χ4n) is 2.94. The minimum Gasteiger partial charge on any atom is -0.497 e. The first-order chi connectivity index (χ1) is 13.6. The van der Waals surface area contributed by atoms with Gasteiger partial charge in [0, 0.05) is 11.6 Å². The predicted molar refractivity (Wildman–Crippen MR) is 105 cm³/mol. The van der Waals surface area contributed by atoms with E-state index >= 15 is 0 Å². The molecule has 1 aliphatic rings. The van der Waals surface area contributed by atoms with E-state index in [0.29, 0.717) is 23.1 Å². The maximum Gasteiger partial charge on any atom is 0.277 e. The molecular formula is C19H21N5O3S. The van der Waals surface area contributed by atoms with Crippen molar-refractivity contribution in [3.63, 3.8) is 0 Å². The summed E-state index contributed by atoms with van der Waals surface area (Å²) in [4.78, 5) is 12.3. The van der Waals surface area contributed by atoms with Crippen LogP contribution in [0.1, 0.15) is 25.8 Å². The highest BCUT2D eigenvalue weighted by Crippen LogP contribution is 2.40. The Labute approximate surface area is 166 Å². The van der Waals surface area contributed by atoms with Gasteiger partial charge in [0.2, 0.25) is 11.8 Å². The van der Waals surface area contributed by atoms with Gasteiger partial charge in [0.1, 0.15) is 11.6 Å². The van der Waals surface area contributed by atoms with E-state index in [1.807, 2.05) is 35.0 Å².